The third-order valence-electron chi connectivity index (χ3n) is 9.64. The molecule has 0 aromatic carbocycles. The van der Waals surface area contributed by atoms with Gasteiger partial charge in [-0.05, 0) is 85.4 Å². The average molecular weight is 331 g/mol. The van der Waals surface area contributed by atoms with Crippen LogP contribution in [0.3, 0.4) is 0 Å². The van der Waals surface area contributed by atoms with Crippen LogP contribution < -0.4 is 0 Å². The molecule has 4 rings (SSSR count). The van der Waals surface area contributed by atoms with E-state index in [1.807, 2.05) is 0 Å². The molecule has 8 atom stereocenters. The Balaban J connectivity index is 1.60. The van der Waals surface area contributed by atoms with Crippen LogP contribution >= 0.6 is 0 Å². The smallest absolute Gasteiger partial charge is 0.136 e. The number of carbonyl (C=O) groups excluding carboxylic acids is 1. The molecule has 4 aliphatic rings. The molecule has 24 heavy (non-hydrogen) atoms. The maximum absolute atomic E-state index is 12.3. The number of fused-ring (bicyclic) bond motifs is 5. The standard InChI is InChI=1S/C23H38O/c1-5-6-16-8-10-19-18-9-7-17-13-21(24)15(2)14-23(17,4)20(18)11-12-22(16,19)3/h15-20H,5-14H2,1-4H3/t15?,16-,17+,18+,19+,20+,22-,23+/m1/s1. The number of hydrogen-bond donors (Lipinski definition) is 0. The third-order valence-corrected chi connectivity index (χ3v) is 9.64. The number of ketones is 1. The molecule has 0 bridgehead atoms. The van der Waals surface area contributed by atoms with Crippen molar-refractivity contribution in [3.05, 3.63) is 0 Å². The Morgan fingerprint density at radius 1 is 1.00 bits per heavy atom. The van der Waals surface area contributed by atoms with E-state index in [1.165, 1.54) is 57.8 Å². The first-order valence-electron chi connectivity index (χ1n) is 10.9. The molecule has 0 aliphatic heterocycles. The lowest BCUT2D eigenvalue weighted by Crippen LogP contribution is -2.54. The van der Waals surface area contributed by atoms with E-state index in [4.69, 9.17) is 0 Å². The van der Waals surface area contributed by atoms with Gasteiger partial charge in [-0.3, -0.25) is 4.79 Å². The van der Waals surface area contributed by atoms with Crippen LogP contribution in [0.15, 0.2) is 0 Å². The summed E-state index contributed by atoms with van der Waals surface area (Å²) in [6.45, 7) is 9.81. The van der Waals surface area contributed by atoms with Gasteiger partial charge in [0.25, 0.3) is 0 Å². The molecule has 1 heteroatoms. The van der Waals surface area contributed by atoms with Crippen molar-refractivity contribution in [3.63, 3.8) is 0 Å². The minimum Gasteiger partial charge on any atom is -0.299 e. The summed E-state index contributed by atoms with van der Waals surface area (Å²) < 4.78 is 0. The minimum absolute atomic E-state index is 0.315. The minimum atomic E-state index is 0.315. The highest BCUT2D eigenvalue weighted by Crippen LogP contribution is 2.67. The molecule has 0 aromatic heterocycles. The Morgan fingerprint density at radius 2 is 1.75 bits per heavy atom. The molecule has 0 radical (unpaired) electrons. The van der Waals surface area contributed by atoms with Gasteiger partial charge < -0.3 is 0 Å². The van der Waals surface area contributed by atoms with Crippen LogP contribution in [-0.4, -0.2) is 5.78 Å². The molecule has 136 valence electrons. The van der Waals surface area contributed by atoms with E-state index >= 15 is 0 Å². The summed E-state index contributed by atoms with van der Waals surface area (Å²) in [5.41, 5.74) is 1.09. The lowest BCUT2D eigenvalue weighted by molar-refractivity contribution is -0.146. The van der Waals surface area contributed by atoms with E-state index in [-0.39, 0.29) is 0 Å². The molecule has 4 saturated carbocycles. The summed E-state index contributed by atoms with van der Waals surface area (Å²) in [4.78, 5) is 12.3. The average Bonchev–Trinajstić information content (AvgIpc) is 2.86. The van der Waals surface area contributed by atoms with E-state index in [9.17, 15) is 4.79 Å². The summed E-state index contributed by atoms with van der Waals surface area (Å²) >= 11 is 0. The van der Waals surface area contributed by atoms with Crippen molar-refractivity contribution in [1.29, 1.82) is 0 Å². The first kappa shape index (κ1) is 17.1. The second kappa shape index (κ2) is 5.85. The zero-order valence-corrected chi connectivity index (χ0v) is 16.4. The van der Waals surface area contributed by atoms with Crippen LogP contribution in [0.1, 0.15) is 91.9 Å². The van der Waals surface area contributed by atoms with Gasteiger partial charge in [0.05, 0.1) is 0 Å². The van der Waals surface area contributed by atoms with Gasteiger partial charge in [-0.25, -0.2) is 0 Å². The van der Waals surface area contributed by atoms with Crippen LogP contribution in [0, 0.1) is 46.3 Å². The van der Waals surface area contributed by atoms with Gasteiger partial charge in [-0.2, -0.15) is 0 Å². The predicted octanol–water partition coefficient (Wildman–Crippen LogP) is 6.26. The normalized spacial score (nSPS) is 54.1. The number of carbonyl (C=O) groups is 1. The Hall–Kier alpha value is -0.330. The van der Waals surface area contributed by atoms with E-state index in [2.05, 4.69) is 27.7 Å². The fourth-order valence-corrected chi connectivity index (χ4v) is 8.34. The van der Waals surface area contributed by atoms with Crippen molar-refractivity contribution in [2.45, 2.75) is 91.9 Å². The van der Waals surface area contributed by atoms with Gasteiger partial charge in [0.15, 0.2) is 0 Å². The highest BCUT2D eigenvalue weighted by atomic mass is 16.1. The van der Waals surface area contributed by atoms with E-state index in [0.29, 0.717) is 28.4 Å². The van der Waals surface area contributed by atoms with Crippen molar-refractivity contribution in [2.24, 2.45) is 46.3 Å². The SMILES string of the molecule is CCC[C@@H]1CC[C@H]2[C@@H]3CC[C@H]4CC(=O)C(C)C[C@]4(C)[C@H]3CC[C@]12C. The van der Waals surface area contributed by atoms with Gasteiger partial charge >= 0.3 is 0 Å². The van der Waals surface area contributed by atoms with Crippen molar-refractivity contribution in [2.75, 3.05) is 0 Å². The highest BCUT2D eigenvalue weighted by molar-refractivity contribution is 5.82. The lowest BCUT2D eigenvalue weighted by Gasteiger charge is -2.61. The molecule has 4 fully saturated rings. The summed E-state index contributed by atoms with van der Waals surface area (Å²) in [5, 5.41) is 0. The Morgan fingerprint density at radius 3 is 2.50 bits per heavy atom. The van der Waals surface area contributed by atoms with Crippen LogP contribution in [0.5, 0.6) is 0 Å². The molecule has 1 nitrogen and oxygen atoms in total. The van der Waals surface area contributed by atoms with Crippen LogP contribution in [0.25, 0.3) is 0 Å². The molecule has 1 unspecified atom stereocenters. The molecular formula is C23H38O. The maximum Gasteiger partial charge on any atom is 0.136 e. The van der Waals surface area contributed by atoms with Crippen molar-refractivity contribution in [3.8, 4) is 0 Å². The van der Waals surface area contributed by atoms with E-state index in [1.54, 1.807) is 0 Å². The predicted molar refractivity (Wildman–Crippen MR) is 99.7 cm³/mol. The van der Waals surface area contributed by atoms with Gasteiger partial charge in [0.1, 0.15) is 5.78 Å². The van der Waals surface area contributed by atoms with Gasteiger partial charge in [-0.1, -0.05) is 40.5 Å². The largest absolute Gasteiger partial charge is 0.299 e. The third kappa shape index (κ3) is 2.28. The topological polar surface area (TPSA) is 17.1 Å². The number of rotatable bonds is 2. The number of Topliss-reactive ketones (excluding diaryl/α,β-unsaturated/α-hetero) is 1. The summed E-state index contributed by atoms with van der Waals surface area (Å²) in [6, 6.07) is 0. The van der Waals surface area contributed by atoms with Gasteiger partial charge in [0.2, 0.25) is 0 Å². The highest BCUT2D eigenvalue weighted by Gasteiger charge is 2.60. The molecular weight excluding hydrogens is 292 g/mol. The monoisotopic (exact) mass is 330 g/mol. The molecule has 0 heterocycles. The van der Waals surface area contributed by atoms with Gasteiger partial charge in [-0.15, -0.1) is 0 Å². The van der Waals surface area contributed by atoms with Crippen LogP contribution in [-0.2, 0) is 4.79 Å². The van der Waals surface area contributed by atoms with Gasteiger partial charge in [0, 0.05) is 12.3 Å². The second-order valence-electron chi connectivity index (χ2n) is 10.5. The zero-order valence-electron chi connectivity index (χ0n) is 16.4. The van der Waals surface area contributed by atoms with Crippen LogP contribution in [0.4, 0.5) is 0 Å². The second-order valence-corrected chi connectivity index (χ2v) is 10.5. The zero-order chi connectivity index (χ0) is 17.1. The van der Waals surface area contributed by atoms with E-state index < -0.39 is 0 Å². The Labute approximate surface area is 149 Å². The van der Waals surface area contributed by atoms with Crippen LogP contribution in [0.2, 0.25) is 0 Å². The molecule has 0 saturated heterocycles. The quantitative estimate of drug-likeness (QED) is 0.584. The molecule has 0 amide bonds. The van der Waals surface area contributed by atoms with Crippen molar-refractivity contribution >= 4 is 5.78 Å². The first-order valence-corrected chi connectivity index (χ1v) is 10.9. The van der Waals surface area contributed by atoms with E-state index in [0.717, 1.165) is 30.1 Å². The number of hydrogen-bond acceptors (Lipinski definition) is 1. The summed E-state index contributed by atoms with van der Waals surface area (Å²) in [5.74, 6) is 5.41. The van der Waals surface area contributed by atoms with Crippen molar-refractivity contribution < 1.29 is 4.79 Å². The molecule has 0 aromatic rings. The molecule has 0 spiro atoms. The summed E-state index contributed by atoms with van der Waals surface area (Å²) in [7, 11) is 0. The first-order chi connectivity index (χ1) is 11.4. The fourth-order valence-electron chi connectivity index (χ4n) is 8.34. The lowest BCUT2D eigenvalue weighted by atomic mass is 9.44. The molecule has 0 N–H and O–H groups in total. The summed E-state index contributed by atoms with van der Waals surface area (Å²) in [6.07, 6.45) is 13.6. The van der Waals surface area contributed by atoms with Crippen molar-refractivity contribution in [1.82, 2.24) is 0 Å². The maximum atomic E-state index is 12.3. The Bertz CT molecular complexity index is 510. The fraction of sp³-hybridized carbons (Fsp3) is 0.957. The molecule has 4 aliphatic carbocycles. The Kier molecular flexibility index (Phi) is 4.17.